The van der Waals surface area contributed by atoms with Crippen molar-refractivity contribution in [2.45, 2.75) is 32.9 Å². The molecule has 0 aliphatic rings. The predicted molar refractivity (Wildman–Crippen MR) is 120 cm³/mol. The zero-order chi connectivity index (χ0) is 22.2. The van der Waals surface area contributed by atoms with Gasteiger partial charge in [0.2, 0.25) is 5.95 Å². The van der Waals surface area contributed by atoms with Gasteiger partial charge in [0.25, 0.3) is 5.91 Å². The van der Waals surface area contributed by atoms with Crippen LogP contribution in [0.4, 0.5) is 11.6 Å². The van der Waals surface area contributed by atoms with Crippen molar-refractivity contribution in [3.63, 3.8) is 0 Å². The molecule has 1 aromatic heterocycles. The van der Waals surface area contributed by atoms with Crippen molar-refractivity contribution in [2.24, 2.45) is 0 Å². The Morgan fingerprint density at radius 2 is 1.77 bits per heavy atom. The maximum atomic E-state index is 12.5. The number of aromatic nitrogens is 2. The van der Waals surface area contributed by atoms with Gasteiger partial charge in [-0.3, -0.25) is 4.79 Å². The Morgan fingerprint density at radius 3 is 2.45 bits per heavy atom. The summed E-state index contributed by atoms with van der Waals surface area (Å²) in [6.07, 6.45) is 1.19. The van der Waals surface area contributed by atoms with Gasteiger partial charge in [-0.05, 0) is 36.6 Å². The monoisotopic (exact) mass is 438 g/mol. The molecule has 0 saturated heterocycles. The topological polar surface area (TPSA) is 93.2 Å². The molecule has 0 aliphatic carbocycles. The lowest BCUT2D eigenvalue weighted by Gasteiger charge is -2.14. The van der Waals surface area contributed by atoms with Gasteiger partial charge in [-0.1, -0.05) is 61.0 Å². The van der Waals surface area contributed by atoms with Crippen LogP contribution < -0.4 is 10.6 Å². The van der Waals surface area contributed by atoms with Gasteiger partial charge in [0.05, 0.1) is 11.2 Å². The molecular formula is C23H23ClN4O3. The molecule has 31 heavy (non-hydrogen) atoms. The van der Waals surface area contributed by atoms with E-state index in [1.807, 2.05) is 42.5 Å². The van der Waals surface area contributed by atoms with Crippen molar-refractivity contribution in [2.75, 3.05) is 10.6 Å². The van der Waals surface area contributed by atoms with Gasteiger partial charge in [-0.15, -0.1) is 0 Å². The predicted octanol–water partition coefficient (Wildman–Crippen LogP) is 4.49. The fourth-order valence-corrected chi connectivity index (χ4v) is 2.88. The fraction of sp³-hybridized carbons (Fsp3) is 0.217. The molecule has 2 aromatic carbocycles. The first-order valence-corrected chi connectivity index (χ1v) is 10.2. The van der Waals surface area contributed by atoms with E-state index in [9.17, 15) is 9.59 Å². The van der Waals surface area contributed by atoms with Crippen molar-refractivity contribution in [3.8, 4) is 0 Å². The average molecular weight is 439 g/mol. The van der Waals surface area contributed by atoms with Gasteiger partial charge in [0.15, 0.2) is 11.8 Å². The van der Waals surface area contributed by atoms with Crippen LogP contribution >= 0.6 is 11.6 Å². The molecule has 0 spiro atoms. The minimum Gasteiger partial charge on any atom is -0.448 e. The number of anilines is 2. The smallest absolute Gasteiger partial charge is 0.359 e. The maximum absolute atomic E-state index is 12.5. The van der Waals surface area contributed by atoms with Gasteiger partial charge in [0, 0.05) is 12.2 Å². The van der Waals surface area contributed by atoms with E-state index in [0.717, 1.165) is 17.5 Å². The largest absolute Gasteiger partial charge is 0.448 e. The Balaban J connectivity index is 1.61. The first-order valence-electron chi connectivity index (χ1n) is 9.87. The van der Waals surface area contributed by atoms with Gasteiger partial charge in [-0.2, -0.15) is 0 Å². The first kappa shape index (κ1) is 22.2. The highest BCUT2D eigenvalue weighted by Gasteiger charge is 2.22. The van der Waals surface area contributed by atoms with E-state index < -0.39 is 18.0 Å². The number of carbonyl (C=O) groups is 2. The third kappa shape index (κ3) is 6.26. The van der Waals surface area contributed by atoms with Crippen LogP contribution in [0, 0.1) is 0 Å². The summed E-state index contributed by atoms with van der Waals surface area (Å²) in [6.45, 7) is 4.01. The van der Waals surface area contributed by atoms with Crippen LogP contribution in [0.25, 0.3) is 0 Å². The van der Waals surface area contributed by atoms with Crippen molar-refractivity contribution in [3.05, 3.63) is 82.6 Å². The molecule has 1 atom stereocenters. The molecule has 3 aromatic rings. The van der Waals surface area contributed by atoms with Crippen LogP contribution in [-0.2, 0) is 22.5 Å². The third-order valence-corrected chi connectivity index (χ3v) is 4.79. The number of benzene rings is 2. The highest BCUT2D eigenvalue weighted by atomic mass is 35.5. The number of rotatable bonds is 8. The lowest BCUT2D eigenvalue weighted by molar-refractivity contribution is -0.123. The van der Waals surface area contributed by atoms with Crippen LogP contribution in [0.5, 0.6) is 0 Å². The number of hydrogen-bond donors (Lipinski definition) is 2. The molecular weight excluding hydrogens is 416 g/mol. The summed E-state index contributed by atoms with van der Waals surface area (Å²) in [5.41, 5.74) is 2.70. The highest BCUT2D eigenvalue weighted by molar-refractivity contribution is 6.33. The number of amides is 1. The minimum atomic E-state index is -1.04. The Kier molecular flexibility index (Phi) is 7.56. The Bertz CT molecular complexity index is 1040. The minimum absolute atomic E-state index is 0.0398. The zero-order valence-corrected chi connectivity index (χ0v) is 18.0. The first-order chi connectivity index (χ1) is 15.0. The lowest BCUT2D eigenvalue weighted by Crippen LogP contribution is -2.30. The van der Waals surface area contributed by atoms with Gasteiger partial charge in [0.1, 0.15) is 0 Å². The number of hydrogen-bond acceptors (Lipinski definition) is 6. The number of ether oxygens (including phenoxy) is 1. The lowest BCUT2D eigenvalue weighted by atomic mass is 10.1. The SMILES string of the molecule is CCc1ccc(NC(=O)C(C)OC(=O)c2nc(NCc3ccccc3)ncc2Cl)cc1. The number of nitrogens with zero attached hydrogens (tertiary/aromatic N) is 2. The average Bonchev–Trinajstić information content (AvgIpc) is 2.79. The summed E-state index contributed by atoms with van der Waals surface area (Å²) in [5.74, 6) is -1.03. The number of esters is 1. The number of carbonyl (C=O) groups excluding carboxylic acids is 2. The second kappa shape index (κ2) is 10.5. The summed E-state index contributed by atoms with van der Waals surface area (Å²) in [6, 6.07) is 17.1. The Hall–Kier alpha value is -3.45. The van der Waals surface area contributed by atoms with E-state index in [4.69, 9.17) is 16.3 Å². The molecule has 160 valence electrons. The van der Waals surface area contributed by atoms with Gasteiger partial charge in [-0.25, -0.2) is 14.8 Å². The van der Waals surface area contributed by atoms with Gasteiger partial charge >= 0.3 is 5.97 Å². The molecule has 0 saturated carbocycles. The summed E-state index contributed by atoms with van der Waals surface area (Å²) in [4.78, 5) is 33.1. The molecule has 0 bridgehead atoms. The van der Waals surface area contributed by atoms with Crippen LogP contribution in [0.2, 0.25) is 5.02 Å². The second-order valence-electron chi connectivity index (χ2n) is 6.82. The van der Waals surface area contributed by atoms with E-state index in [-0.39, 0.29) is 16.7 Å². The van der Waals surface area contributed by atoms with Crippen molar-refractivity contribution in [1.29, 1.82) is 0 Å². The number of halogens is 1. The number of nitrogens with one attached hydrogen (secondary N) is 2. The maximum Gasteiger partial charge on any atom is 0.359 e. The Labute approximate surface area is 185 Å². The van der Waals surface area contributed by atoms with Crippen LogP contribution in [0.1, 0.15) is 35.5 Å². The van der Waals surface area contributed by atoms with E-state index >= 15 is 0 Å². The summed E-state index contributed by atoms with van der Waals surface area (Å²) in [7, 11) is 0. The van der Waals surface area contributed by atoms with Gasteiger partial charge < -0.3 is 15.4 Å². The number of aryl methyl sites for hydroxylation is 1. The molecule has 0 aliphatic heterocycles. The van der Waals surface area contributed by atoms with Crippen LogP contribution in [0.15, 0.2) is 60.8 Å². The molecule has 0 radical (unpaired) electrons. The fourth-order valence-electron chi connectivity index (χ4n) is 2.71. The molecule has 3 rings (SSSR count). The summed E-state index contributed by atoms with van der Waals surface area (Å²) >= 11 is 6.08. The summed E-state index contributed by atoms with van der Waals surface area (Å²) in [5, 5.41) is 5.79. The van der Waals surface area contributed by atoms with E-state index in [0.29, 0.717) is 12.2 Å². The highest BCUT2D eigenvalue weighted by Crippen LogP contribution is 2.17. The van der Waals surface area contributed by atoms with E-state index in [1.165, 1.54) is 13.1 Å². The van der Waals surface area contributed by atoms with Crippen molar-refractivity contribution >= 4 is 35.1 Å². The van der Waals surface area contributed by atoms with Crippen LogP contribution in [0.3, 0.4) is 0 Å². The van der Waals surface area contributed by atoms with Crippen molar-refractivity contribution in [1.82, 2.24) is 9.97 Å². The molecule has 7 nitrogen and oxygen atoms in total. The van der Waals surface area contributed by atoms with E-state index in [2.05, 4.69) is 27.5 Å². The molecule has 8 heteroatoms. The molecule has 2 N–H and O–H groups in total. The molecule has 0 fully saturated rings. The summed E-state index contributed by atoms with van der Waals surface area (Å²) < 4.78 is 5.26. The van der Waals surface area contributed by atoms with E-state index in [1.54, 1.807) is 12.1 Å². The molecule has 1 unspecified atom stereocenters. The molecule has 1 amide bonds. The zero-order valence-electron chi connectivity index (χ0n) is 17.3. The standard InChI is InChI=1S/C23H23ClN4O3/c1-3-16-9-11-18(12-10-16)27-21(29)15(2)31-22(30)20-19(24)14-26-23(28-20)25-13-17-7-5-4-6-8-17/h4-12,14-15H,3,13H2,1-2H3,(H,27,29)(H,25,26,28). The second-order valence-corrected chi connectivity index (χ2v) is 7.22. The third-order valence-electron chi connectivity index (χ3n) is 4.51. The normalized spacial score (nSPS) is 11.5. The van der Waals surface area contributed by atoms with Crippen molar-refractivity contribution < 1.29 is 14.3 Å². The van der Waals surface area contributed by atoms with Crippen LogP contribution in [-0.4, -0.2) is 27.9 Å². The quantitative estimate of drug-likeness (QED) is 0.503. The Morgan fingerprint density at radius 1 is 1.06 bits per heavy atom. The molecule has 1 heterocycles.